The molecule has 22 heavy (non-hydrogen) atoms. The third-order valence-corrected chi connectivity index (χ3v) is 3.53. The lowest BCUT2D eigenvalue weighted by molar-refractivity contribution is 0.0983. The predicted octanol–water partition coefficient (Wildman–Crippen LogP) is 3.15. The summed E-state index contributed by atoms with van der Waals surface area (Å²) < 4.78 is 0. The number of benzene rings is 2. The zero-order valence-electron chi connectivity index (χ0n) is 12.5. The van der Waals surface area contributed by atoms with Gasteiger partial charge in [0.05, 0.1) is 12.2 Å². The molecule has 0 unspecified atom stereocenters. The van der Waals surface area contributed by atoms with E-state index in [1.807, 2.05) is 48.5 Å². The molecule has 3 heteroatoms. The fraction of sp³-hybridized carbons (Fsp3) is 0.263. The molecule has 0 fully saturated rings. The van der Waals surface area contributed by atoms with Crippen molar-refractivity contribution in [3.63, 3.8) is 0 Å². The Bertz CT molecular complexity index is 575. The second-order valence-electron chi connectivity index (χ2n) is 5.43. The van der Waals surface area contributed by atoms with Crippen LogP contribution in [-0.2, 0) is 6.42 Å². The van der Waals surface area contributed by atoms with Gasteiger partial charge in [-0.1, -0.05) is 54.6 Å². The molecule has 2 aromatic carbocycles. The summed E-state index contributed by atoms with van der Waals surface area (Å²) in [5.74, 6) is 0.241. The number of phenolic OH excluding ortho intramolecular Hbond substituents is 1. The van der Waals surface area contributed by atoms with Crippen LogP contribution in [0.25, 0.3) is 6.08 Å². The predicted molar refractivity (Wildman–Crippen MR) is 88.5 cm³/mol. The third kappa shape index (κ3) is 5.72. The second kappa shape index (κ2) is 8.37. The van der Waals surface area contributed by atoms with Crippen LogP contribution in [-0.4, -0.2) is 27.5 Å². The van der Waals surface area contributed by atoms with Gasteiger partial charge < -0.3 is 15.3 Å². The molecule has 0 bridgehead atoms. The maximum absolute atomic E-state index is 9.99. The van der Waals surface area contributed by atoms with Crippen LogP contribution in [0.2, 0.25) is 0 Å². The van der Waals surface area contributed by atoms with Crippen LogP contribution in [0, 0.1) is 0 Å². The topological polar surface area (TPSA) is 60.7 Å². The van der Waals surface area contributed by atoms with E-state index >= 15 is 0 Å². The largest absolute Gasteiger partial charge is 0.508 e. The molecule has 0 radical (unpaired) electrons. The molecule has 0 aliphatic heterocycles. The normalized spacial score (nSPS) is 14.1. The molecule has 0 heterocycles. The Hall–Kier alpha value is -2.10. The van der Waals surface area contributed by atoms with Crippen molar-refractivity contribution in [1.29, 1.82) is 0 Å². The third-order valence-electron chi connectivity index (χ3n) is 3.53. The Balaban J connectivity index is 1.75. The summed E-state index contributed by atoms with van der Waals surface area (Å²) in [5.41, 5.74) is 2.09. The van der Waals surface area contributed by atoms with Gasteiger partial charge in [-0.15, -0.1) is 0 Å². The van der Waals surface area contributed by atoms with Crippen molar-refractivity contribution in [1.82, 2.24) is 0 Å². The van der Waals surface area contributed by atoms with Crippen molar-refractivity contribution >= 4 is 6.08 Å². The van der Waals surface area contributed by atoms with Gasteiger partial charge in [0.2, 0.25) is 0 Å². The highest BCUT2D eigenvalue weighted by Gasteiger charge is 2.09. The van der Waals surface area contributed by atoms with E-state index in [1.165, 1.54) is 0 Å². The molecule has 3 nitrogen and oxygen atoms in total. The zero-order valence-corrected chi connectivity index (χ0v) is 12.5. The fourth-order valence-corrected chi connectivity index (χ4v) is 2.26. The minimum absolute atomic E-state index is 0.241. The number of aromatic hydroxyl groups is 1. The first-order valence-electron chi connectivity index (χ1n) is 7.51. The first-order chi connectivity index (χ1) is 10.6. The van der Waals surface area contributed by atoms with Gasteiger partial charge in [-0.3, -0.25) is 0 Å². The molecular formula is C19H22O3. The van der Waals surface area contributed by atoms with Crippen molar-refractivity contribution < 1.29 is 15.3 Å². The quantitative estimate of drug-likeness (QED) is 0.736. The smallest absolute Gasteiger partial charge is 0.115 e. The summed E-state index contributed by atoms with van der Waals surface area (Å²) in [6.45, 7) is 0. The van der Waals surface area contributed by atoms with Crippen LogP contribution in [0.5, 0.6) is 5.75 Å². The van der Waals surface area contributed by atoms with Gasteiger partial charge in [-0.25, -0.2) is 0 Å². The number of aliphatic hydroxyl groups excluding tert-OH is 2. The standard InChI is InChI=1S/C19H22O3/c20-17-10-6-16(7-11-17)9-13-19(22)14-18(21)12-8-15-4-2-1-3-5-15/h1-8,10-12,18-22H,9,13-14H2/t18-,19+/m0/s1. The Morgan fingerprint density at radius 1 is 0.909 bits per heavy atom. The average Bonchev–Trinajstić information content (AvgIpc) is 2.53. The molecule has 0 aliphatic rings. The van der Waals surface area contributed by atoms with Gasteiger partial charge in [-0.2, -0.15) is 0 Å². The van der Waals surface area contributed by atoms with E-state index < -0.39 is 12.2 Å². The van der Waals surface area contributed by atoms with Crippen LogP contribution >= 0.6 is 0 Å². The minimum Gasteiger partial charge on any atom is -0.508 e. The number of rotatable bonds is 7. The average molecular weight is 298 g/mol. The van der Waals surface area contributed by atoms with E-state index in [-0.39, 0.29) is 5.75 Å². The highest BCUT2D eigenvalue weighted by Crippen LogP contribution is 2.14. The van der Waals surface area contributed by atoms with Crippen LogP contribution < -0.4 is 0 Å². The van der Waals surface area contributed by atoms with Crippen molar-refractivity contribution in [2.24, 2.45) is 0 Å². The van der Waals surface area contributed by atoms with E-state index in [9.17, 15) is 15.3 Å². The zero-order chi connectivity index (χ0) is 15.8. The van der Waals surface area contributed by atoms with Crippen LogP contribution in [0.3, 0.4) is 0 Å². The number of phenols is 1. The fourth-order valence-electron chi connectivity index (χ4n) is 2.26. The number of aliphatic hydroxyl groups is 2. The minimum atomic E-state index is -0.657. The van der Waals surface area contributed by atoms with E-state index in [2.05, 4.69) is 0 Å². The van der Waals surface area contributed by atoms with Crippen LogP contribution in [0.15, 0.2) is 60.7 Å². The van der Waals surface area contributed by atoms with E-state index in [0.29, 0.717) is 12.8 Å². The van der Waals surface area contributed by atoms with Gasteiger partial charge in [0.1, 0.15) is 5.75 Å². The highest BCUT2D eigenvalue weighted by molar-refractivity contribution is 5.49. The van der Waals surface area contributed by atoms with E-state index in [0.717, 1.165) is 17.5 Å². The van der Waals surface area contributed by atoms with Crippen molar-refractivity contribution in [2.75, 3.05) is 0 Å². The van der Waals surface area contributed by atoms with Crippen molar-refractivity contribution in [3.05, 3.63) is 71.8 Å². The van der Waals surface area contributed by atoms with Gasteiger partial charge in [0, 0.05) is 6.42 Å². The lowest BCUT2D eigenvalue weighted by Gasteiger charge is -2.13. The Morgan fingerprint density at radius 3 is 2.27 bits per heavy atom. The molecule has 116 valence electrons. The first-order valence-corrected chi connectivity index (χ1v) is 7.51. The van der Waals surface area contributed by atoms with Crippen LogP contribution in [0.1, 0.15) is 24.0 Å². The summed E-state index contributed by atoms with van der Waals surface area (Å²) in [7, 11) is 0. The van der Waals surface area contributed by atoms with Gasteiger partial charge in [0.25, 0.3) is 0 Å². The second-order valence-corrected chi connectivity index (χ2v) is 5.43. The Labute approximate surface area is 131 Å². The summed E-state index contributed by atoms with van der Waals surface area (Å²) in [6, 6.07) is 16.7. The number of hydrogen-bond acceptors (Lipinski definition) is 3. The number of aryl methyl sites for hydroxylation is 1. The Morgan fingerprint density at radius 2 is 1.59 bits per heavy atom. The summed E-state index contributed by atoms with van der Waals surface area (Å²) in [4.78, 5) is 0. The molecule has 2 rings (SSSR count). The molecule has 0 amide bonds. The molecule has 0 aromatic heterocycles. The van der Waals surface area contributed by atoms with Crippen LogP contribution in [0.4, 0.5) is 0 Å². The van der Waals surface area contributed by atoms with E-state index in [4.69, 9.17) is 0 Å². The maximum Gasteiger partial charge on any atom is 0.115 e. The maximum atomic E-state index is 9.99. The van der Waals surface area contributed by atoms with Gasteiger partial charge >= 0.3 is 0 Å². The molecule has 3 N–H and O–H groups in total. The molecular weight excluding hydrogens is 276 g/mol. The Kier molecular flexibility index (Phi) is 6.19. The van der Waals surface area contributed by atoms with Crippen molar-refractivity contribution in [2.45, 2.75) is 31.5 Å². The molecule has 0 saturated carbocycles. The highest BCUT2D eigenvalue weighted by atomic mass is 16.3. The summed E-state index contributed by atoms with van der Waals surface area (Å²) in [5, 5.41) is 29.1. The SMILES string of the molecule is Oc1ccc(CC[C@@H](O)C[C@@H](O)C=Cc2ccccc2)cc1. The monoisotopic (exact) mass is 298 g/mol. The first kappa shape index (κ1) is 16.3. The summed E-state index contributed by atoms with van der Waals surface area (Å²) >= 11 is 0. The lowest BCUT2D eigenvalue weighted by Crippen LogP contribution is -2.16. The molecule has 0 saturated heterocycles. The van der Waals surface area contributed by atoms with Gasteiger partial charge in [-0.05, 0) is 36.1 Å². The number of hydrogen-bond donors (Lipinski definition) is 3. The van der Waals surface area contributed by atoms with Crippen molar-refractivity contribution in [3.8, 4) is 5.75 Å². The van der Waals surface area contributed by atoms with Gasteiger partial charge in [0.15, 0.2) is 0 Å². The van der Waals surface area contributed by atoms with E-state index in [1.54, 1.807) is 18.2 Å². The summed E-state index contributed by atoms with van der Waals surface area (Å²) in [6.07, 6.45) is 3.98. The molecule has 2 atom stereocenters. The molecule has 0 aliphatic carbocycles. The molecule has 2 aromatic rings. The molecule has 0 spiro atoms. The lowest BCUT2D eigenvalue weighted by atomic mass is 10.0.